The van der Waals surface area contributed by atoms with Gasteiger partial charge < -0.3 is 4.74 Å². The van der Waals surface area contributed by atoms with E-state index in [1.165, 1.54) is 4.31 Å². The maximum Gasteiger partial charge on any atom is 0.244 e. The SMILES string of the molecule is COc1ccccc1CCN(C)S(=O)(=O)c1ccc(C)cc1Cl. The molecule has 0 aliphatic rings. The Labute approximate surface area is 142 Å². The molecule has 0 bridgehead atoms. The van der Waals surface area contributed by atoms with Crippen molar-refractivity contribution in [2.45, 2.75) is 18.2 Å². The van der Waals surface area contributed by atoms with Gasteiger partial charge >= 0.3 is 0 Å². The second-order valence-electron chi connectivity index (χ2n) is 5.32. The zero-order valence-corrected chi connectivity index (χ0v) is 15.0. The summed E-state index contributed by atoms with van der Waals surface area (Å²) in [5.41, 5.74) is 1.89. The van der Waals surface area contributed by atoms with Crippen LogP contribution in [-0.4, -0.2) is 33.4 Å². The van der Waals surface area contributed by atoms with Gasteiger partial charge in [-0.15, -0.1) is 0 Å². The molecule has 0 atom stereocenters. The maximum atomic E-state index is 12.7. The van der Waals surface area contributed by atoms with Crippen molar-refractivity contribution >= 4 is 21.6 Å². The van der Waals surface area contributed by atoms with Gasteiger partial charge in [0.15, 0.2) is 0 Å². The Morgan fingerprint density at radius 1 is 1.17 bits per heavy atom. The number of likely N-dealkylation sites (N-methyl/N-ethyl adjacent to an activating group) is 1. The fraction of sp³-hybridized carbons (Fsp3) is 0.294. The fourth-order valence-electron chi connectivity index (χ4n) is 2.29. The lowest BCUT2D eigenvalue weighted by atomic mass is 10.1. The van der Waals surface area contributed by atoms with Crippen LogP contribution in [0, 0.1) is 6.92 Å². The lowest BCUT2D eigenvalue weighted by Gasteiger charge is -2.19. The zero-order valence-electron chi connectivity index (χ0n) is 13.4. The lowest BCUT2D eigenvalue weighted by molar-refractivity contribution is 0.406. The smallest absolute Gasteiger partial charge is 0.244 e. The second-order valence-corrected chi connectivity index (χ2v) is 7.74. The van der Waals surface area contributed by atoms with Gasteiger partial charge in [0.25, 0.3) is 0 Å². The lowest BCUT2D eigenvalue weighted by Crippen LogP contribution is -2.29. The third-order valence-corrected chi connectivity index (χ3v) is 6.00. The van der Waals surface area contributed by atoms with Crippen molar-refractivity contribution in [3.63, 3.8) is 0 Å². The Morgan fingerprint density at radius 3 is 2.52 bits per heavy atom. The minimum absolute atomic E-state index is 0.132. The molecule has 2 rings (SSSR count). The number of ether oxygens (including phenoxy) is 1. The number of hydrogen-bond donors (Lipinski definition) is 0. The molecule has 0 saturated heterocycles. The molecule has 0 saturated carbocycles. The average Bonchev–Trinajstić information content (AvgIpc) is 2.52. The van der Waals surface area contributed by atoms with E-state index in [2.05, 4.69) is 0 Å². The van der Waals surface area contributed by atoms with Crippen LogP contribution in [0.4, 0.5) is 0 Å². The van der Waals surface area contributed by atoms with Gasteiger partial charge in [0.1, 0.15) is 10.6 Å². The van der Waals surface area contributed by atoms with E-state index >= 15 is 0 Å². The van der Waals surface area contributed by atoms with Gasteiger partial charge in [-0.3, -0.25) is 0 Å². The summed E-state index contributed by atoms with van der Waals surface area (Å²) in [6, 6.07) is 12.5. The standard InChI is InChI=1S/C17H20ClNO3S/c1-13-8-9-17(15(18)12-13)23(20,21)19(2)11-10-14-6-4-5-7-16(14)22-3/h4-9,12H,10-11H2,1-3H3. The van der Waals surface area contributed by atoms with Gasteiger partial charge in [-0.05, 0) is 42.7 Å². The summed E-state index contributed by atoms with van der Waals surface area (Å²) in [5.74, 6) is 0.756. The molecule has 6 heteroatoms. The van der Waals surface area contributed by atoms with E-state index in [9.17, 15) is 8.42 Å². The highest BCUT2D eigenvalue weighted by Gasteiger charge is 2.23. The first-order chi connectivity index (χ1) is 10.9. The molecule has 2 aromatic carbocycles. The van der Waals surface area contributed by atoms with Gasteiger partial charge in [-0.1, -0.05) is 35.9 Å². The van der Waals surface area contributed by atoms with Crippen LogP contribution in [0.15, 0.2) is 47.4 Å². The number of methoxy groups -OCH3 is 1. The molecule has 0 aromatic heterocycles. The Bertz CT molecular complexity index is 790. The third-order valence-electron chi connectivity index (χ3n) is 3.66. The minimum Gasteiger partial charge on any atom is -0.496 e. The van der Waals surface area contributed by atoms with Crippen molar-refractivity contribution in [3.8, 4) is 5.75 Å². The van der Waals surface area contributed by atoms with E-state index in [0.29, 0.717) is 13.0 Å². The number of benzene rings is 2. The molecule has 0 unspecified atom stereocenters. The summed E-state index contributed by atoms with van der Waals surface area (Å²) in [5, 5.41) is 0.245. The molecule has 2 aromatic rings. The Hall–Kier alpha value is -1.56. The van der Waals surface area contributed by atoms with Crippen LogP contribution >= 0.6 is 11.6 Å². The van der Waals surface area contributed by atoms with Crippen LogP contribution in [0.1, 0.15) is 11.1 Å². The van der Waals surface area contributed by atoms with Crippen molar-refractivity contribution in [3.05, 3.63) is 58.6 Å². The van der Waals surface area contributed by atoms with Crippen LogP contribution in [-0.2, 0) is 16.4 Å². The summed E-state index contributed by atoms with van der Waals surface area (Å²) in [6.07, 6.45) is 0.559. The van der Waals surface area contributed by atoms with Crippen LogP contribution in [0.25, 0.3) is 0 Å². The van der Waals surface area contributed by atoms with Crippen molar-refractivity contribution in [1.29, 1.82) is 0 Å². The summed E-state index contributed by atoms with van der Waals surface area (Å²) < 4.78 is 31.9. The van der Waals surface area contributed by atoms with Crippen molar-refractivity contribution in [1.82, 2.24) is 4.31 Å². The van der Waals surface area contributed by atoms with Gasteiger partial charge in [-0.25, -0.2) is 12.7 Å². The maximum absolute atomic E-state index is 12.7. The van der Waals surface area contributed by atoms with Crippen molar-refractivity contribution in [2.75, 3.05) is 20.7 Å². The van der Waals surface area contributed by atoms with E-state index in [1.807, 2.05) is 31.2 Å². The van der Waals surface area contributed by atoms with Crippen LogP contribution in [0.3, 0.4) is 0 Å². The first-order valence-corrected chi connectivity index (χ1v) is 9.02. The van der Waals surface area contributed by atoms with Gasteiger partial charge in [0.2, 0.25) is 10.0 Å². The predicted molar refractivity (Wildman–Crippen MR) is 92.7 cm³/mol. The molecule has 4 nitrogen and oxygen atoms in total. The first kappa shape index (κ1) is 17.8. The van der Waals surface area contributed by atoms with Gasteiger partial charge in [-0.2, -0.15) is 0 Å². The number of aryl methyl sites for hydroxylation is 1. The Balaban J connectivity index is 2.17. The minimum atomic E-state index is -3.62. The number of rotatable bonds is 6. The van der Waals surface area contributed by atoms with Crippen LogP contribution < -0.4 is 4.74 Å². The molecule has 0 N–H and O–H groups in total. The number of sulfonamides is 1. The fourth-order valence-corrected chi connectivity index (χ4v) is 4.03. The third kappa shape index (κ3) is 4.05. The highest BCUT2D eigenvalue weighted by atomic mass is 35.5. The molecule has 0 spiro atoms. The average molecular weight is 354 g/mol. The normalized spacial score (nSPS) is 11.7. The number of para-hydroxylation sites is 1. The summed E-state index contributed by atoms with van der Waals surface area (Å²) in [6.45, 7) is 2.21. The summed E-state index contributed by atoms with van der Waals surface area (Å²) in [7, 11) is -0.457. The molecule has 0 aliphatic heterocycles. The topological polar surface area (TPSA) is 46.6 Å². The first-order valence-electron chi connectivity index (χ1n) is 7.20. The van der Waals surface area contributed by atoms with Gasteiger partial charge in [0.05, 0.1) is 12.1 Å². The molecular weight excluding hydrogens is 334 g/mol. The zero-order chi connectivity index (χ0) is 17.0. The monoisotopic (exact) mass is 353 g/mol. The molecule has 0 amide bonds. The molecule has 124 valence electrons. The van der Waals surface area contributed by atoms with E-state index in [-0.39, 0.29) is 9.92 Å². The number of halogens is 1. The van der Waals surface area contributed by atoms with Crippen LogP contribution in [0.5, 0.6) is 5.75 Å². The predicted octanol–water partition coefficient (Wildman–Crippen LogP) is 3.52. The molecule has 0 fully saturated rings. The molecular formula is C17H20ClNO3S. The quantitative estimate of drug-likeness (QED) is 0.798. The Kier molecular flexibility index (Phi) is 5.68. The molecule has 23 heavy (non-hydrogen) atoms. The molecule has 0 radical (unpaired) electrons. The highest BCUT2D eigenvalue weighted by molar-refractivity contribution is 7.89. The van der Waals surface area contributed by atoms with Crippen molar-refractivity contribution in [2.24, 2.45) is 0 Å². The van der Waals surface area contributed by atoms with Crippen LogP contribution in [0.2, 0.25) is 5.02 Å². The molecule has 0 heterocycles. The van der Waals surface area contributed by atoms with Crippen molar-refractivity contribution < 1.29 is 13.2 Å². The van der Waals surface area contributed by atoms with E-state index < -0.39 is 10.0 Å². The van der Waals surface area contributed by atoms with Gasteiger partial charge in [0, 0.05) is 13.6 Å². The van der Waals surface area contributed by atoms with E-state index in [0.717, 1.165) is 16.9 Å². The number of nitrogens with zero attached hydrogens (tertiary/aromatic N) is 1. The second kappa shape index (κ2) is 7.34. The molecule has 0 aliphatic carbocycles. The summed E-state index contributed by atoms with van der Waals surface area (Å²) >= 11 is 6.10. The largest absolute Gasteiger partial charge is 0.496 e. The number of hydrogen-bond acceptors (Lipinski definition) is 3. The summed E-state index contributed by atoms with van der Waals surface area (Å²) in [4.78, 5) is 0.132. The van der Waals surface area contributed by atoms with E-state index in [4.69, 9.17) is 16.3 Å². The highest BCUT2D eigenvalue weighted by Crippen LogP contribution is 2.25. The van der Waals surface area contributed by atoms with E-state index in [1.54, 1.807) is 32.4 Å². The Morgan fingerprint density at radius 2 is 1.87 bits per heavy atom.